The van der Waals surface area contributed by atoms with E-state index in [0.717, 1.165) is 12.8 Å². The lowest BCUT2D eigenvalue weighted by Gasteiger charge is -2.18. The van der Waals surface area contributed by atoms with Crippen molar-refractivity contribution in [2.75, 3.05) is 6.54 Å². The highest BCUT2D eigenvalue weighted by Gasteiger charge is 2.15. The van der Waals surface area contributed by atoms with E-state index < -0.39 is 0 Å². The van der Waals surface area contributed by atoms with Gasteiger partial charge in [-0.1, -0.05) is 55.5 Å². The number of carbonyl (C=O) groups is 1. The van der Waals surface area contributed by atoms with Gasteiger partial charge in [0.15, 0.2) is 0 Å². The Bertz CT molecular complexity index is 450. The van der Waals surface area contributed by atoms with Crippen molar-refractivity contribution in [2.24, 2.45) is 0 Å². The van der Waals surface area contributed by atoms with Gasteiger partial charge in [0.05, 0.1) is 6.54 Å². The zero-order chi connectivity index (χ0) is 15.1. The zero-order valence-electron chi connectivity index (χ0n) is 13.3. The maximum Gasteiger partial charge on any atom is 0.234 e. The highest BCUT2D eigenvalue weighted by Crippen LogP contribution is 2.17. The van der Waals surface area contributed by atoms with Crippen LogP contribution in [-0.2, 0) is 4.79 Å². The molecule has 0 unspecified atom stereocenters. The van der Waals surface area contributed by atoms with Gasteiger partial charge in [0, 0.05) is 12.1 Å². The van der Waals surface area contributed by atoms with Crippen molar-refractivity contribution in [3.8, 4) is 0 Å². The summed E-state index contributed by atoms with van der Waals surface area (Å²) in [4.78, 5) is 12.1. The number of carbonyl (C=O) groups excluding carboxylic acids is 1. The Balaban J connectivity index is 1.75. The third-order valence-corrected chi connectivity index (χ3v) is 4.33. The van der Waals surface area contributed by atoms with Gasteiger partial charge in [-0.3, -0.25) is 4.79 Å². The van der Waals surface area contributed by atoms with Gasteiger partial charge < -0.3 is 10.6 Å². The van der Waals surface area contributed by atoms with Crippen LogP contribution in [0.15, 0.2) is 24.3 Å². The molecule has 1 aromatic rings. The van der Waals surface area contributed by atoms with Crippen LogP contribution in [0.1, 0.15) is 62.6 Å². The molecule has 1 fully saturated rings. The van der Waals surface area contributed by atoms with Gasteiger partial charge in [-0.2, -0.15) is 0 Å². The quantitative estimate of drug-likeness (QED) is 0.814. The molecule has 116 valence electrons. The second kappa shape index (κ2) is 8.18. The lowest BCUT2D eigenvalue weighted by Crippen LogP contribution is -2.40. The molecule has 0 aliphatic heterocycles. The summed E-state index contributed by atoms with van der Waals surface area (Å²) in [6, 6.07) is 9.01. The third kappa shape index (κ3) is 5.50. The van der Waals surface area contributed by atoms with Crippen LogP contribution in [0.3, 0.4) is 0 Å². The minimum atomic E-state index is 0.126. The fourth-order valence-corrected chi connectivity index (χ4v) is 3.01. The largest absolute Gasteiger partial charge is 0.352 e. The topological polar surface area (TPSA) is 41.1 Å². The van der Waals surface area contributed by atoms with Gasteiger partial charge in [0.2, 0.25) is 5.91 Å². The summed E-state index contributed by atoms with van der Waals surface area (Å²) in [5.41, 5.74) is 2.49. The summed E-state index contributed by atoms with van der Waals surface area (Å²) >= 11 is 0. The second-order valence-corrected chi connectivity index (χ2v) is 6.27. The Hall–Kier alpha value is -1.35. The van der Waals surface area contributed by atoms with Gasteiger partial charge in [-0.15, -0.1) is 0 Å². The standard InChI is InChI=1S/C18H28N2O/c1-14-8-7-9-16(12-14)15(2)19-13-18(21)20-17-10-5-3-4-6-11-17/h7-9,12,15,17,19H,3-6,10-11,13H2,1-2H3,(H,20,21)/t15-/m1/s1. The molecule has 1 atom stereocenters. The van der Waals surface area contributed by atoms with Crippen LogP contribution in [-0.4, -0.2) is 18.5 Å². The first-order valence-corrected chi connectivity index (χ1v) is 8.24. The SMILES string of the molecule is Cc1cccc([C@@H](C)NCC(=O)NC2CCCCCC2)c1. The van der Waals surface area contributed by atoms with E-state index in [1.807, 2.05) is 0 Å². The highest BCUT2D eigenvalue weighted by atomic mass is 16.1. The van der Waals surface area contributed by atoms with E-state index >= 15 is 0 Å². The maximum atomic E-state index is 12.1. The molecule has 1 aromatic carbocycles. The van der Waals surface area contributed by atoms with E-state index in [0.29, 0.717) is 12.6 Å². The number of benzene rings is 1. The number of hydrogen-bond acceptors (Lipinski definition) is 2. The molecule has 0 heterocycles. The lowest BCUT2D eigenvalue weighted by molar-refractivity contribution is -0.121. The van der Waals surface area contributed by atoms with Crippen molar-refractivity contribution in [2.45, 2.75) is 64.5 Å². The third-order valence-electron chi connectivity index (χ3n) is 4.33. The maximum absolute atomic E-state index is 12.1. The number of nitrogens with one attached hydrogen (secondary N) is 2. The fraction of sp³-hybridized carbons (Fsp3) is 0.611. The number of hydrogen-bond donors (Lipinski definition) is 2. The molecule has 0 radical (unpaired) electrons. The molecule has 3 nitrogen and oxygen atoms in total. The molecule has 1 amide bonds. The minimum absolute atomic E-state index is 0.126. The summed E-state index contributed by atoms with van der Waals surface area (Å²) in [7, 11) is 0. The van der Waals surface area contributed by atoms with Crippen molar-refractivity contribution >= 4 is 5.91 Å². The Morgan fingerprint density at radius 2 is 1.95 bits per heavy atom. The molecule has 0 saturated heterocycles. The molecule has 1 saturated carbocycles. The number of amides is 1. The molecule has 0 bridgehead atoms. The van der Waals surface area contributed by atoms with Gasteiger partial charge in [-0.25, -0.2) is 0 Å². The first-order chi connectivity index (χ1) is 10.1. The molecular formula is C18H28N2O. The van der Waals surface area contributed by atoms with E-state index in [4.69, 9.17) is 0 Å². The Morgan fingerprint density at radius 1 is 1.24 bits per heavy atom. The fourth-order valence-electron chi connectivity index (χ4n) is 3.01. The van der Waals surface area contributed by atoms with Crippen LogP contribution >= 0.6 is 0 Å². The number of aryl methyl sites for hydroxylation is 1. The van der Waals surface area contributed by atoms with Crippen molar-refractivity contribution in [3.05, 3.63) is 35.4 Å². The molecule has 3 heteroatoms. The molecule has 1 aliphatic carbocycles. The highest BCUT2D eigenvalue weighted by molar-refractivity contribution is 5.78. The van der Waals surface area contributed by atoms with Gasteiger partial charge >= 0.3 is 0 Å². The summed E-state index contributed by atoms with van der Waals surface area (Å²) < 4.78 is 0. The van der Waals surface area contributed by atoms with Crippen LogP contribution in [0.4, 0.5) is 0 Å². The van der Waals surface area contributed by atoms with Crippen LogP contribution in [0, 0.1) is 6.92 Å². The monoisotopic (exact) mass is 288 g/mol. The van der Waals surface area contributed by atoms with Gasteiger partial charge in [0.25, 0.3) is 0 Å². The predicted octanol–water partition coefficient (Wildman–Crippen LogP) is 3.48. The first kappa shape index (κ1) is 16.0. The molecule has 21 heavy (non-hydrogen) atoms. The van der Waals surface area contributed by atoms with Crippen molar-refractivity contribution in [3.63, 3.8) is 0 Å². The van der Waals surface area contributed by atoms with Crippen molar-refractivity contribution < 1.29 is 4.79 Å². The van der Waals surface area contributed by atoms with Crippen LogP contribution in [0.5, 0.6) is 0 Å². The molecular weight excluding hydrogens is 260 g/mol. The Kier molecular flexibility index (Phi) is 6.24. The minimum Gasteiger partial charge on any atom is -0.352 e. The second-order valence-electron chi connectivity index (χ2n) is 6.27. The van der Waals surface area contributed by atoms with E-state index in [1.54, 1.807) is 0 Å². The number of rotatable bonds is 5. The van der Waals surface area contributed by atoms with Crippen molar-refractivity contribution in [1.29, 1.82) is 0 Å². The summed E-state index contributed by atoms with van der Waals surface area (Å²) in [5.74, 6) is 0.126. The van der Waals surface area contributed by atoms with Crippen LogP contribution < -0.4 is 10.6 Å². The molecule has 2 N–H and O–H groups in total. The normalized spacial score (nSPS) is 18.0. The van der Waals surface area contributed by atoms with E-state index in [-0.39, 0.29) is 11.9 Å². The van der Waals surface area contributed by atoms with E-state index in [2.05, 4.69) is 48.7 Å². The molecule has 2 rings (SSSR count). The Labute approximate surface area is 128 Å². The molecule has 1 aliphatic rings. The summed E-state index contributed by atoms with van der Waals surface area (Å²) in [6.45, 7) is 4.59. The van der Waals surface area contributed by atoms with Crippen LogP contribution in [0.25, 0.3) is 0 Å². The first-order valence-electron chi connectivity index (χ1n) is 8.24. The average molecular weight is 288 g/mol. The van der Waals surface area contributed by atoms with Gasteiger partial charge in [0.1, 0.15) is 0 Å². The molecule has 0 spiro atoms. The smallest absolute Gasteiger partial charge is 0.234 e. The average Bonchev–Trinajstić information content (AvgIpc) is 2.73. The van der Waals surface area contributed by atoms with Gasteiger partial charge in [-0.05, 0) is 32.3 Å². The van der Waals surface area contributed by atoms with Crippen LogP contribution in [0.2, 0.25) is 0 Å². The van der Waals surface area contributed by atoms with E-state index in [1.165, 1.54) is 36.8 Å². The summed E-state index contributed by atoms with van der Waals surface area (Å²) in [6.07, 6.45) is 7.40. The predicted molar refractivity (Wildman–Crippen MR) is 87.2 cm³/mol. The van der Waals surface area contributed by atoms with E-state index in [9.17, 15) is 4.79 Å². The summed E-state index contributed by atoms with van der Waals surface area (Å²) in [5, 5.41) is 6.49. The Morgan fingerprint density at radius 3 is 2.62 bits per heavy atom. The lowest BCUT2D eigenvalue weighted by atomic mass is 10.1. The zero-order valence-corrected chi connectivity index (χ0v) is 13.3. The molecule has 0 aromatic heterocycles. The van der Waals surface area contributed by atoms with Crippen molar-refractivity contribution in [1.82, 2.24) is 10.6 Å².